The molecular formula is C15H24ClNO2S. The van der Waals surface area contributed by atoms with Crippen LogP contribution in [-0.4, -0.2) is 26.8 Å². The van der Waals surface area contributed by atoms with E-state index in [1.165, 1.54) is 0 Å². The van der Waals surface area contributed by atoms with Crippen molar-refractivity contribution in [2.24, 2.45) is 0 Å². The van der Waals surface area contributed by atoms with E-state index in [0.717, 1.165) is 18.4 Å². The van der Waals surface area contributed by atoms with Gasteiger partial charge < -0.3 is 5.32 Å². The number of hydrogen-bond donors (Lipinski definition) is 1. The molecule has 2 unspecified atom stereocenters. The Morgan fingerprint density at radius 2 is 1.80 bits per heavy atom. The topological polar surface area (TPSA) is 46.2 Å². The first-order valence-corrected chi connectivity index (χ1v) is 9.17. The highest BCUT2D eigenvalue weighted by Crippen LogP contribution is 2.20. The Labute approximate surface area is 127 Å². The van der Waals surface area contributed by atoms with Gasteiger partial charge in [-0.3, -0.25) is 0 Å². The molecule has 1 rings (SSSR count). The van der Waals surface area contributed by atoms with E-state index < -0.39 is 9.84 Å². The summed E-state index contributed by atoms with van der Waals surface area (Å²) in [4.78, 5) is 0. The summed E-state index contributed by atoms with van der Waals surface area (Å²) in [7, 11) is -1.34. The van der Waals surface area contributed by atoms with Gasteiger partial charge in [0.15, 0.2) is 9.84 Å². The van der Waals surface area contributed by atoms with E-state index in [1.54, 1.807) is 24.3 Å². The number of benzene rings is 1. The van der Waals surface area contributed by atoms with Gasteiger partial charge in [0.25, 0.3) is 0 Å². The third-order valence-corrected chi connectivity index (χ3v) is 6.14. The summed E-state index contributed by atoms with van der Waals surface area (Å²) in [5.41, 5.74) is 0.791. The molecule has 0 heterocycles. The molecular weight excluding hydrogens is 294 g/mol. The van der Waals surface area contributed by atoms with Crippen molar-refractivity contribution in [3.05, 3.63) is 34.9 Å². The van der Waals surface area contributed by atoms with Crippen LogP contribution in [0.5, 0.6) is 0 Å². The van der Waals surface area contributed by atoms with Crippen LogP contribution in [0.4, 0.5) is 0 Å². The van der Waals surface area contributed by atoms with Gasteiger partial charge in [0.05, 0.1) is 11.0 Å². The zero-order valence-corrected chi connectivity index (χ0v) is 14.0. The quantitative estimate of drug-likeness (QED) is 0.799. The molecule has 0 aromatic heterocycles. The van der Waals surface area contributed by atoms with Crippen LogP contribution < -0.4 is 5.32 Å². The van der Waals surface area contributed by atoms with Gasteiger partial charge in [-0.25, -0.2) is 8.42 Å². The number of halogens is 1. The summed E-state index contributed by atoms with van der Waals surface area (Å²) in [6, 6.07) is 7.04. The Balaban J connectivity index is 2.91. The second kappa shape index (κ2) is 8.01. The average Bonchev–Trinajstić information content (AvgIpc) is 2.40. The maximum atomic E-state index is 12.6. The third kappa shape index (κ3) is 4.76. The summed E-state index contributed by atoms with van der Waals surface area (Å²) in [6.07, 6.45) is 2.47. The number of sulfone groups is 1. The standard InChI is InChI=1S/C15H24ClNO2S/c1-4-6-14(17-3)15(5-2)20(18,19)11-12-7-9-13(16)10-8-12/h7-10,14-15,17H,4-6,11H2,1-3H3. The molecule has 3 nitrogen and oxygen atoms in total. The summed E-state index contributed by atoms with van der Waals surface area (Å²) < 4.78 is 25.2. The molecule has 0 aliphatic rings. The fourth-order valence-corrected chi connectivity index (χ4v) is 4.81. The zero-order valence-electron chi connectivity index (χ0n) is 12.4. The number of hydrogen-bond acceptors (Lipinski definition) is 3. The van der Waals surface area contributed by atoms with Gasteiger partial charge in [0.1, 0.15) is 0 Å². The average molecular weight is 318 g/mol. The SMILES string of the molecule is CCCC(NC)C(CC)S(=O)(=O)Cc1ccc(Cl)cc1. The summed E-state index contributed by atoms with van der Waals surface area (Å²) in [5.74, 6) is 0.0740. The lowest BCUT2D eigenvalue weighted by Crippen LogP contribution is -2.42. The second-order valence-electron chi connectivity index (χ2n) is 5.06. The Morgan fingerprint density at radius 1 is 1.20 bits per heavy atom. The van der Waals surface area contributed by atoms with Crippen molar-refractivity contribution in [3.63, 3.8) is 0 Å². The van der Waals surface area contributed by atoms with Crippen LogP contribution in [0.25, 0.3) is 0 Å². The van der Waals surface area contributed by atoms with Crippen LogP contribution in [0.3, 0.4) is 0 Å². The van der Waals surface area contributed by atoms with Gasteiger partial charge in [-0.15, -0.1) is 0 Å². The molecule has 114 valence electrons. The van der Waals surface area contributed by atoms with E-state index in [-0.39, 0.29) is 17.0 Å². The molecule has 0 spiro atoms. The van der Waals surface area contributed by atoms with Gasteiger partial charge in [0.2, 0.25) is 0 Å². The molecule has 0 aliphatic heterocycles. The lowest BCUT2D eigenvalue weighted by Gasteiger charge is -2.25. The molecule has 0 amide bonds. The van der Waals surface area contributed by atoms with Crippen molar-refractivity contribution in [1.29, 1.82) is 0 Å². The summed E-state index contributed by atoms with van der Waals surface area (Å²) in [5, 5.41) is 3.43. The zero-order chi connectivity index (χ0) is 15.2. The lowest BCUT2D eigenvalue weighted by atomic mass is 10.1. The Bertz CT molecular complexity index is 499. The van der Waals surface area contributed by atoms with Crippen molar-refractivity contribution in [2.75, 3.05) is 7.05 Å². The molecule has 1 aromatic rings. The van der Waals surface area contributed by atoms with Crippen LogP contribution in [0.2, 0.25) is 5.02 Å². The fraction of sp³-hybridized carbons (Fsp3) is 0.600. The van der Waals surface area contributed by atoms with Gasteiger partial charge in [-0.05, 0) is 37.6 Å². The van der Waals surface area contributed by atoms with Crippen molar-refractivity contribution in [2.45, 2.75) is 50.2 Å². The predicted octanol–water partition coefficient (Wildman–Crippen LogP) is 3.42. The highest BCUT2D eigenvalue weighted by Gasteiger charge is 2.30. The van der Waals surface area contributed by atoms with E-state index in [9.17, 15) is 8.42 Å². The molecule has 0 aliphatic carbocycles. The maximum Gasteiger partial charge on any atom is 0.158 e. The Morgan fingerprint density at radius 3 is 2.25 bits per heavy atom. The van der Waals surface area contributed by atoms with Gasteiger partial charge in [-0.2, -0.15) is 0 Å². The fourth-order valence-electron chi connectivity index (χ4n) is 2.54. The third-order valence-electron chi connectivity index (χ3n) is 3.56. The van der Waals surface area contributed by atoms with Crippen LogP contribution in [0.1, 0.15) is 38.7 Å². The highest BCUT2D eigenvalue weighted by atomic mass is 35.5. The number of nitrogens with one attached hydrogen (secondary N) is 1. The molecule has 1 N–H and O–H groups in total. The molecule has 0 saturated carbocycles. The highest BCUT2D eigenvalue weighted by molar-refractivity contribution is 7.91. The molecule has 0 fully saturated rings. The van der Waals surface area contributed by atoms with E-state index in [1.807, 2.05) is 14.0 Å². The van der Waals surface area contributed by atoms with E-state index >= 15 is 0 Å². The molecule has 1 aromatic carbocycles. The van der Waals surface area contributed by atoms with Gasteiger partial charge >= 0.3 is 0 Å². The first-order chi connectivity index (χ1) is 9.44. The number of rotatable bonds is 8. The van der Waals surface area contributed by atoms with E-state index in [2.05, 4.69) is 12.2 Å². The van der Waals surface area contributed by atoms with Crippen molar-refractivity contribution >= 4 is 21.4 Å². The predicted molar refractivity (Wildman–Crippen MR) is 85.9 cm³/mol. The molecule has 20 heavy (non-hydrogen) atoms. The van der Waals surface area contributed by atoms with Gasteiger partial charge in [0, 0.05) is 11.1 Å². The monoisotopic (exact) mass is 317 g/mol. The van der Waals surface area contributed by atoms with Crippen LogP contribution in [0.15, 0.2) is 24.3 Å². The first kappa shape index (κ1) is 17.5. The smallest absolute Gasteiger partial charge is 0.158 e. The van der Waals surface area contributed by atoms with Crippen molar-refractivity contribution in [3.8, 4) is 0 Å². The molecule has 2 atom stereocenters. The normalized spacial score (nSPS) is 15.0. The molecule has 0 bridgehead atoms. The first-order valence-electron chi connectivity index (χ1n) is 7.07. The Hall–Kier alpha value is -0.580. The summed E-state index contributed by atoms with van der Waals surface area (Å²) >= 11 is 5.83. The second-order valence-corrected chi connectivity index (χ2v) is 7.72. The lowest BCUT2D eigenvalue weighted by molar-refractivity contribution is 0.464. The van der Waals surface area contributed by atoms with E-state index in [4.69, 9.17) is 11.6 Å². The largest absolute Gasteiger partial charge is 0.316 e. The minimum atomic E-state index is -3.18. The molecule has 5 heteroatoms. The van der Waals surface area contributed by atoms with Crippen LogP contribution >= 0.6 is 11.6 Å². The van der Waals surface area contributed by atoms with Crippen LogP contribution in [0, 0.1) is 0 Å². The van der Waals surface area contributed by atoms with Crippen LogP contribution in [-0.2, 0) is 15.6 Å². The minimum Gasteiger partial charge on any atom is -0.316 e. The van der Waals surface area contributed by atoms with Gasteiger partial charge in [-0.1, -0.05) is 44.0 Å². The van der Waals surface area contributed by atoms with Crippen molar-refractivity contribution in [1.82, 2.24) is 5.32 Å². The van der Waals surface area contributed by atoms with E-state index in [0.29, 0.717) is 11.4 Å². The molecule has 0 saturated heterocycles. The minimum absolute atomic E-state index is 0.0160. The molecule has 0 radical (unpaired) electrons. The Kier molecular flexibility index (Phi) is 7.00. The maximum absolute atomic E-state index is 12.6. The summed E-state index contributed by atoms with van der Waals surface area (Å²) in [6.45, 7) is 4.01. The van der Waals surface area contributed by atoms with Crippen molar-refractivity contribution < 1.29 is 8.42 Å².